The van der Waals surface area contributed by atoms with Gasteiger partial charge in [-0.25, -0.2) is 8.78 Å². The molecule has 0 aliphatic carbocycles. The third kappa shape index (κ3) is 6.70. The minimum absolute atomic E-state index is 0.118. The van der Waals surface area contributed by atoms with Crippen molar-refractivity contribution in [3.05, 3.63) is 65.9 Å². The lowest BCUT2D eigenvalue weighted by Gasteiger charge is -2.38. The maximum atomic E-state index is 13.4. The van der Waals surface area contributed by atoms with Gasteiger partial charge in [-0.2, -0.15) is 0 Å². The van der Waals surface area contributed by atoms with Gasteiger partial charge >= 0.3 is 0 Å². The molecule has 0 amide bonds. The zero-order valence-electron chi connectivity index (χ0n) is 20.0. The van der Waals surface area contributed by atoms with Crippen LogP contribution in [0.15, 0.2) is 53.6 Å². The Morgan fingerprint density at radius 2 is 1.97 bits per heavy atom. The number of piperidine rings is 1. The van der Waals surface area contributed by atoms with E-state index in [0.717, 1.165) is 72.9 Å². The highest BCUT2D eigenvalue weighted by atomic mass is 32.2. The lowest BCUT2D eigenvalue weighted by molar-refractivity contribution is 0.0701. The number of pyridine rings is 1. The molecule has 1 aromatic heterocycles. The van der Waals surface area contributed by atoms with Crippen molar-refractivity contribution in [3.8, 4) is 5.75 Å². The second kappa shape index (κ2) is 12.1. The van der Waals surface area contributed by atoms with Gasteiger partial charge in [-0.05, 0) is 79.6 Å². The molecule has 0 unspecified atom stereocenters. The zero-order chi connectivity index (χ0) is 24.8. The second-order valence-electron chi connectivity index (χ2n) is 9.21. The van der Waals surface area contributed by atoms with Crippen LogP contribution in [0.4, 0.5) is 8.78 Å². The van der Waals surface area contributed by atoms with Gasteiger partial charge in [-0.1, -0.05) is 0 Å². The van der Waals surface area contributed by atoms with Crippen LogP contribution in [0.1, 0.15) is 30.9 Å². The number of benzene rings is 2. The highest BCUT2D eigenvalue weighted by Crippen LogP contribution is 2.33. The summed E-state index contributed by atoms with van der Waals surface area (Å²) in [6.07, 6.45) is 4.58. The molecule has 35 heavy (non-hydrogen) atoms. The van der Waals surface area contributed by atoms with Gasteiger partial charge in [-0.15, -0.1) is 11.8 Å². The van der Waals surface area contributed by atoms with Crippen LogP contribution < -0.4 is 10.5 Å². The summed E-state index contributed by atoms with van der Waals surface area (Å²) in [6, 6.07) is 11.3. The molecule has 3 aromatic rings. The Bertz CT molecular complexity index is 1110. The normalized spacial score (nSPS) is 19.7. The molecule has 4 rings (SSSR count). The van der Waals surface area contributed by atoms with Crippen molar-refractivity contribution in [2.24, 2.45) is 17.6 Å². The van der Waals surface area contributed by atoms with Crippen molar-refractivity contribution < 1.29 is 18.6 Å². The lowest BCUT2D eigenvalue weighted by atomic mass is 9.81. The number of rotatable bonds is 10. The standard InChI is InChI=1S/C27H33F2N3O2S/c1-34-22-3-5-27-25(15-22)24(6-8-31-27)26(30)4-2-18-7-9-32(16-19(18)17-33)10-11-35-23-13-20(28)12-21(29)14-23/h3,5-6,8,12-15,18-19,26,33H,2,4,7,9-11,16-17,30H2,1H3/t18-,19-,26-/m1/s1. The van der Waals surface area contributed by atoms with Crippen LogP contribution in [-0.4, -0.2) is 54.1 Å². The minimum Gasteiger partial charge on any atom is -0.497 e. The third-order valence-corrected chi connectivity index (χ3v) is 7.91. The first-order valence-corrected chi connectivity index (χ1v) is 13.1. The quantitative estimate of drug-likeness (QED) is 0.380. The number of nitrogens with zero attached hydrogens (tertiary/aromatic N) is 2. The molecule has 0 saturated carbocycles. The Morgan fingerprint density at radius 3 is 2.71 bits per heavy atom. The molecule has 8 heteroatoms. The van der Waals surface area contributed by atoms with Crippen LogP contribution in [0.2, 0.25) is 0 Å². The topological polar surface area (TPSA) is 71.6 Å². The van der Waals surface area contributed by atoms with Crippen LogP contribution in [0.5, 0.6) is 5.75 Å². The van der Waals surface area contributed by atoms with Gasteiger partial charge in [0.2, 0.25) is 0 Å². The number of aliphatic hydroxyl groups excluding tert-OH is 1. The van der Waals surface area contributed by atoms with Crippen LogP contribution in [0.25, 0.3) is 10.9 Å². The molecule has 2 aromatic carbocycles. The number of thioether (sulfide) groups is 1. The van der Waals surface area contributed by atoms with E-state index in [1.807, 2.05) is 24.3 Å². The van der Waals surface area contributed by atoms with Crippen molar-refractivity contribution in [1.29, 1.82) is 0 Å². The number of halogens is 2. The first-order valence-electron chi connectivity index (χ1n) is 12.1. The Balaban J connectivity index is 1.29. The van der Waals surface area contributed by atoms with Crippen molar-refractivity contribution in [1.82, 2.24) is 9.88 Å². The Kier molecular flexibility index (Phi) is 8.94. The first-order chi connectivity index (χ1) is 17.0. The van der Waals surface area contributed by atoms with Gasteiger partial charge in [0.05, 0.1) is 12.6 Å². The van der Waals surface area contributed by atoms with E-state index in [0.29, 0.717) is 10.8 Å². The fourth-order valence-electron chi connectivity index (χ4n) is 5.00. The van der Waals surface area contributed by atoms with Crippen LogP contribution >= 0.6 is 11.8 Å². The van der Waals surface area contributed by atoms with Gasteiger partial charge in [0, 0.05) is 54.0 Å². The largest absolute Gasteiger partial charge is 0.497 e. The molecule has 5 nitrogen and oxygen atoms in total. The summed E-state index contributed by atoms with van der Waals surface area (Å²) in [5.41, 5.74) is 8.60. The van der Waals surface area contributed by atoms with E-state index < -0.39 is 11.6 Å². The fraction of sp³-hybridized carbons (Fsp3) is 0.444. The molecule has 1 aliphatic heterocycles. The summed E-state index contributed by atoms with van der Waals surface area (Å²) in [4.78, 5) is 7.39. The molecule has 0 bridgehead atoms. The van der Waals surface area contributed by atoms with Crippen LogP contribution in [-0.2, 0) is 0 Å². The summed E-state index contributed by atoms with van der Waals surface area (Å²) in [6.45, 7) is 2.73. The van der Waals surface area contributed by atoms with Gasteiger partial charge in [0.15, 0.2) is 0 Å². The number of nitrogens with two attached hydrogens (primary N) is 1. The van der Waals surface area contributed by atoms with E-state index in [1.165, 1.54) is 23.9 Å². The highest BCUT2D eigenvalue weighted by Gasteiger charge is 2.29. The number of fused-ring (bicyclic) bond motifs is 1. The van der Waals surface area contributed by atoms with E-state index in [4.69, 9.17) is 10.5 Å². The van der Waals surface area contributed by atoms with Crippen molar-refractivity contribution in [2.75, 3.05) is 39.1 Å². The molecule has 188 valence electrons. The van der Waals surface area contributed by atoms with E-state index in [1.54, 1.807) is 13.3 Å². The van der Waals surface area contributed by atoms with E-state index >= 15 is 0 Å². The molecule has 1 aliphatic rings. The molecular weight excluding hydrogens is 468 g/mol. The maximum Gasteiger partial charge on any atom is 0.127 e. The van der Waals surface area contributed by atoms with Gasteiger partial charge in [-0.3, -0.25) is 4.98 Å². The Labute approximate surface area is 209 Å². The molecule has 3 atom stereocenters. The molecule has 2 heterocycles. The molecule has 0 spiro atoms. The summed E-state index contributed by atoms with van der Waals surface area (Å²) < 4.78 is 32.2. The summed E-state index contributed by atoms with van der Waals surface area (Å²) in [7, 11) is 1.65. The predicted molar refractivity (Wildman–Crippen MR) is 137 cm³/mol. The van der Waals surface area contributed by atoms with Gasteiger partial charge in [0.25, 0.3) is 0 Å². The number of aliphatic hydroxyl groups is 1. The lowest BCUT2D eigenvalue weighted by Crippen LogP contribution is -2.43. The van der Waals surface area contributed by atoms with Gasteiger partial charge < -0.3 is 20.5 Å². The number of hydrogen-bond acceptors (Lipinski definition) is 6. The number of ether oxygens (including phenoxy) is 1. The number of aromatic nitrogens is 1. The van der Waals surface area contributed by atoms with Crippen molar-refractivity contribution in [3.63, 3.8) is 0 Å². The first kappa shape index (κ1) is 25.8. The number of hydrogen-bond donors (Lipinski definition) is 2. The van der Waals surface area contributed by atoms with E-state index in [-0.39, 0.29) is 18.6 Å². The molecule has 1 saturated heterocycles. The average Bonchev–Trinajstić information content (AvgIpc) is 2.86. The Morgan fingerprint density at radius 1 is 1.17 bits per heavy atom. The minimum atomic E-state index is -0.550. The maximum absolute atomic E-state index is 13.4. The third-order valence-electron chi connectivity index (χ3n) is 6.95. The molecule has 0 radical (unpaired) electrons. The van der Waals surface area contributed by atoms with Crippen LogP contribution in [0, 0.1) is 23.5 Å². The average molecular weight is 502 g/mol. The predicted octanol–water partition coefficient (Wildman–Crippen LogP) is 5.02. The number of methoxy groups -OCH3 is 1. The zero-order valence-corrected chi connectivity index (χ0v) is 20.8. The second-order valence-corrected chi connectivity index (χ2v) is 10.4. The summed E-state index contributed by atoms with van der Waals surface area (Å²) in [5.74, 6) is 1.04. The number of likely N-dealkylation sites (tertiary alicyclic amines) is 1. The SMILES string of the molecule is COc1ccc2nccc([C@H](N)CC[C@@H]3CCN(CCSc4cc(F)cc(F)c4)C[C@@H]3CO)c2c1. The molecular formula is C27H33F2N3O2S. The monoisotopic (exact) mass is 501 g/mol. The van der Waals surface area contributed by atoms with Crippen LogP contribution in [0.3, 0.4) is 0 Å². The smallest absolute Gasteiger partial charge is 0.127 e. The van der Waals surface area contributed by atoms with E-state index in [2.05, 4.69) is 9.88 Å². The highest BCUT2D eigenvalue weighted by molar-refractivity contribution is 7.99. The Hall–Kier alpha value is -2.26. The van der Waals surface area contributed by atoms with Gasteiger partial charge in [0.1, 0.15) is 17.4 Å². The van der Waals surface area contributed by atoms with E-state index in [9.17, 15) is 13.9 Å². The van der Waals surface area contributed by atoms with Crippen molar-refractivity contribution in [2.45, 2.75) is 30.2 Å². The van der Waals surface area contributed by atoms with Crippen molar-refractivity contribution >= 4 is 22.7 Å². The molecule has 3 N–H and O–H groups in total. The summed E-state index contributed by atoms with van der Waals surface area (Å²) in [5, 5.41) is 11.1. The summed E-state index contributed by atoms with van der Waals surface area (Å²) >= 11 is 1.45. The molecule has 1 fully saturated rings. The fourth-order valence-corrected chi connectivity index (χ4v) is 5.97.